The van der Waals surface area contributed by atoms with Crippen molar-refractivity contribution in [3.63, 3.8) is 0 Å². The molecule has 1 fully saturated rings. The fourth-order valence-corrected chi connectivity index (χ4v) is 2.66. The standard InChI is InChI=1S/C15H24N2O3/c1-18-13-8-12(9-14(19-2)15(13)20-3)17-11-6-4-10(16)5-7-11/h8-11,17H,4-7,16H2,1-3H3. The second-order valence-corrected chi connectivity index (χ2v) is 5.17. The van der Waals surface area contributed by atoms with Crippen LogP contribution in [0.25, 0.3) is 0 Å². The van der Waals surface area contributed by atoms with E-state index in [1.807, 2.05) is 12.1 Å². The Labute approximate surface area is 120 Å². The van der Waals surface area contributed by atoms with Crippen LogP contribution in [0.5, 0.6) is 17.2 Å². The molecule has 1 aromatic rings. The zero-order valence-electron chi connectivity index (χ0n) is 12.4. The lowest BCUT2D eigenvalue weighted by Crippen LogP contribution is -2.32. The molecule has 5 nitrogen and oxygen atoms in total. The molecule has 0 saturated heterocycles. The van der Waals surface area contributed by atoms with E-state index < -0.39 is 0 Å². The highest BCUT2D eigenvalue weighted by Gasteiger charge is 2.20. The predicted molar refractivity (Wildman–Crippen MR) is 80.0 cm³/mol. The molecule has 5 heteroatoms. The van der Waals surface area contributed by atoms with E-state index in [0.717, 1.165) is 31.4 Å². The van der Waals surface area contributed by atoms with Gasteiger partial charge in [0.1, 0.15) is 0 Å². The van der Waals surface area contributed by atoms with Gasteiger partial charge in [0.05, 0.1) is 21.3 Å². The highest BCUT2D eigenvalue weighted by atomic mass is 16.5. The first-order chi connectivity index (χ1) is 9.67. The third kappa shape index (κ3) is 3.28. The number of hydrogen-bond donors (Lipinski definition) is 2. The number of nitrogens with one attached hydrogen (secondary N) is 1. The van der Waals surface area contributed by atoms with Gasteiger partial charge in [0.2, 0.25) is 5.75 Å². The van der Waals surface area contributed by atoms with Crippen molar-refractivity contribution in [3.05, 3.63) is 12.1 Å². The first-order valence-corrected chi connectivity index (χ1v) is 7.00. The van der Waals surface area contributed by atoms with Gasteiger partial charge in [-0.05, 0) is 25.7 Å². The van der Waals surface area contributed by atoms with E-state index in [4.69, 9.17) is 19.9 Å². The Bertz CT molecular complexity index is 418. The van der Waals surface area contributed by atoms with Crippen LogP contribution in [0.1, 0.15) is 25.7 Å². The Morgan fingerprint density at radius 3 is 1.95 bits per heavy atom. The highest BCUT2D eigenvalue weighted by Crippen LogP contribution is 2.40. The van der Waals surface area contributed by atoms with Crippen LogP contribution in [0.3, 0.4) is 0 Å². The SMILES string of the molecule is COc1cc(NC2CCC(N)CC2)cc(OC)c1OC. The predicted octanol–water partition coefficient (Wildman–Crippen LogP) is 2.39. The Morgan fingerprint density at radius 1 is 0.950 bits per heavy atom. The second-order valence-electron chi connectivity index (χ2n) is 5.17. The van der Waals surface area contributed by atoms with Crippen molar-refractivity contribution in [1.29, 1.82) is 0 Å². The van der Waals surface area contributed by atoms with Crippen molar-refractivity contribution in [1.82, 2.24) is 0 Å². The summed E-state index contributed by atoms with van der Waals surface area (Å²) in [5.41, 5.74) is 6.92. The quantitative estimate of drug-likeness (QED) is 0.867. The zero-order valence-corrected chi connectivity index (χ0v) is 12.4. The monoisotopic (exact) mass is 280 g/mol. The molecule has 0 spiro atoms. The molecule has 0 amide bonds. The van der Waals surface area contributed by atoms with Crippen LogP contribution in [0.15, 0.2) is 12.1 Å². The molecule has 1 aliphatic rings. The number of anilines is 1. The molecule has 20 heavy (non-hydrogen) atoms. The average Bonchev–Trinajstić information content (AvgIpc) is 2.48. The van der Waals surface area contributed by atoms with Crippen molar-refractivity contribution in [3.8, 4) is 17.2 Å². The van der Waals surface area contributed by atoms with E-state index >= 15 is 0 Å². The van der Waals surface area contributed by atoms with Crippen molar-refractivity contribution >= 4 is 5.69 Å². The molecule has 0 bridgehead atoms. The molecule has 112 valence electrons. The molecule has 1 aromatic carbocycles. The molecule has 0 atom stereocenters. The average molecular weight is 280 g/mol. The summed E-state index contributed by atoms with van der Waals surface area (Å²) in [5, 5.41) is 3.53. The maximum Gasteiger partial charge on any atom is 0.203 e. The van der Waals surface area contributed by atoms with E-state index in [2.05, 4.69) is 5.32 Å². The fourth-order valence-electron chi connectivity index (χ4n) is 2.66. The lowest BCUT2D eigenvalue weighted by Gasteiger charge is -2.28. The van der Waals surface area contributed by atoms with Crippen LogP contribution in [-0.2, 0) is 0 Å². The van der Waals surface area contributed by atoms with Gasteiger partial charge < -0.3 is 25.3 Å². The highest BCUT2D eigenvalue weighted by molar-refractivity contribution is 5.62. The number of nitrogens with two attached hydrogens (primary N) is 1. The van der Waals surface area contributed by atoms with E-state index in [0.29, 0.717) is 29.3 Å². The smallest absolute Gasteiger partial charge is 0.203 e. The summed E-state index contributed by atoms with van der Waals surface area (Å²) in [6, 6.07) is 4.69. The minimum Gasteiger partial charge on any atom is -0.493 e. The van der Waals surface area contributed by atoms with Crippen LogP contribution in [0.4, 0.5) is 5.69 Å². The van der Waals surface area contributed by atoms with Gasteiger partial charge in [-0.15, -0.1) is 0 Å². The molecule has 2 rings (SSSR count). The summed E-state index contributed by atoms with van der Waals surface area (Å²) >= 11 is 0. The third-order valence-corrected chi connectivity index (χ3v) is 3.81. The number of rotatable bonds is 5. The molecule has 0 radical (unpaired) electrons. The molecule has 0 aliphatic heterocycles. The minimum absolute atomic E-state index is 0.355. The Kier molecular flexibility index (Phi) is 4.95. The molecule has 1 aliphatic carbocycles. The van der Waals surface area contributed by atoms with E-state index in [9.17, 15) is 0 Å². The summed E-state index contributed by atoms with van der Waals surface area (Å²) in [7, 11) is 4.86. The molecular formula is C15H24N2O3. The van der Waals surface area contributed by atoms with Gasteiger partial charge in [-0.1, -0.05) is 0 Å². The normalized spacial score (nSPS) is 22.2. The van der Waals surface area contributed by atoms with Crippen LogP contribution in [-0.4, -0.2) is 33.4 Å². The third-order valence-electron chi connectivity index (χ3n) is 3.81. The Morgan fingerprint density at radius 2 is 1.50 bits per heavy atom. The van der Waals surface area contributed by atoms with Crippen LogP contribution < -0.4 is 25.3 Å². The van der Waals surface area contributed by atoms with E-state index in [1.165, 1.54) is 0 Å². The maximum atomic E-state index is 5.94. The molecule has 0 aromatic heterocycles. The number of hydrogen-bond acceptors (Lipinski definition) is 5. The zero-order chi connectivity index (χ0) is 14.5. The van der Waals surface area contributed by atoms with Gasteiger partial charge in [-0.3, -0.25) is 0 Å². The van der Waals surface area contributed by atoms with Gasteiger partial charge in [-0.2, -0.15) is 0 Å². The number of benzene rings is 1. The van der Waals surface area contributed by atoms with Crippen LogP contribution >= 0.6 is 0 Å². The lowest BCUT2D eigenvalue weighted by molar-refractivity contribution is 0.324. The number of methoxy groups -OCH3 is 3. The van der Waals surface area contributed by atoms with Crippen molar-refractivity contribution in [2.45, 2.75) is 37.8 Å². The van der Waals surface area contributed by atoms with Gasteiger partial charge in [0.25, 0.3) is 0 Å². The summed E-state index contributed by atoms with van der Waals surface area (Å²) < 4.78 is 16.0. The van der Waals surface area contributed by atoms with Gasteiger partial charge in [0, 0.05) is 29.9 Å². The minimum atomic E-state index is 0.355. The van der Waals surface area contributed by atoms with Gasteiger partial charge >= 0.3 is 0 Å². The van der Waals surface area contributed by atoms with Gasteiger partial charge in [-0.25, -0.2) is 0 Å². The van der Waals surface area contributed by atoms with Crippen molar-refractivity contribution in [2.24, 2.45) is 5.73 Å². The van der Waals surface area contributed by atoms with Crippen LogP contribution in [0, 0.1) is 0 Å². The van der Waals surface area contributed by atoms with Gasteiger partial charge in [0.15, 0.2) is 11.5 Å². The molecule has 0 unspecified atom stereocenters. The van der Waals surface area contributed by atoms with Crippen molar-refractivity contribution < 1.29 is 14.2 Å². The van der Waals surface area contributed by atoms with E-state index in [-0.39, 0.29) is 0 Å². The van der Waals surface area contributed by atoms with E-state index in [1.54, 1.807) is 21.3 Å². The summed E-state index contributed by atoms with van der Waals surface area (Å²) in [4.78, 5) is 0. The second kappa shape index (κ2) is 6.70. The summed E-state index contributed by atoms with van der Waals surface area (Å²) in [6.45, 7) is 0. The molecule has 3 N–H and O–H groups in total. The maximum absolute atomic E-state index is 5.94. The fraction of sp³-hybridized carbons (Fsp3) is 0.600. The number of ether oxygens (including phenoxy) is 3. The van der Waals surface area contributed by atoms with Crippen molar-refractivity contribution in [2.75, 3.05) is 26.6 Å². The largest absolute Gasteiger partial charge is 0.493 e. The molecular weight excluding hydrogens is 256 g/mol. The topological polar surface area (TPSA) is 65.7 Å². The summed E-state index contributed by atoms with van der Waals surface area (Å²) in [5.74, 6) is 1.95. The Balaban J connectivity index is 2.15. The summed E-state index contributed by atoms with van der Waals surface area (Å²) in [6.07, 6.45) is 4.33. The molecule has 0 heterocycles. The molecule has 1 saturated carbocycles. The first-order valence-electron chi connectivity index (χ1n) is 7.00. The lowest BCUT2D eigenvalue weighted by atomic mass is 9.91. The Hall–Kier alpha value is -1.62. The first kappa shape index (κ1) is 14.8. The van der Waals surface area contributed by atoms with Crippen LogP contribution in [0.2, 0.25) is 0 Å².